The van der Waals surface area contributed by atoms with Crippen LogP contribution in [0.5, 0.6) is 0 Å². The third-order valence-electron chi connectivity index (χ3n) is 5.01. The van der Waals surface area contributed by atoms with Crippen molar-refractivity contribution in [2.75, 3.05) is 25.5 Å². The lowest BCUT2D eigenvalue weighted by molar-refractivity contribution is -0.861. The van der Waals surface area contributed by atoms with Crippen molar-refractivity contribution in [3.8, 4) is 5.13 Å². The summed E-state index contributed by atoms with van der Waals surface area (Å²) >= 11 is 1.54. The predicted molar refractivity (Wildman–Crippen MR) is 116 cm³/mol. The second-order valence-electron chi connectivity index (χ2n) is 7.48. The number of quaternary nitrogens is 1. The van der Waals surface area contributed by atoms with Crippen LogP contribution in [-0.2, 0) is 4.79 Å². The highest BCUT2D eigenvalue weighted by Crippen LogP contribution is 2.22. The van der Waals surface area contributed by atoms with Crippen LogP contribution in [0.25, 0.3) is 5.13 Å². The molecule has 0 aliphatic heterocycles. The number of carbonyl (C=O) groups excluding carboxylic acids is 2. The lowest BCUT2D eigenvalue weighted by Gasteiger charge is -2.15. The molecule has 1 aromatic carbocycles. The Bertz CT molecular complexity index is 1020. The van der Waals surface area contributed by atoms with Crippen molar-refractivity contribution in [2.45, 2.75) is 27.7 Å². The first-order valence-electron chi connectivity index (χ1n) is 9.57. The van der Waals surface area contributed by atoms with Gasteiger partial charge in [-0.25, -0.2) is 4.98 Å². The molecule has 152 valence electrons. The number of nitrogens with zero attached hydrogens (tertiary/aromatic N) is 2. The van der Waals surface area contributed by atoms with E-state index in [9.17, 15) is 9.59 Å². The van der Waals surface area contributed by atoms with E-state index >= 15 is 0 Å². The Morgan fingerprint density at radius 3 is 2.45 bits per heavy atom. The summed E-state index contributed by atoms with van der Waals surface area (Å²) in [5.74, 6) is -0.0702. The molecule has 1 amide bonds. The number of hydrogen-bond acceptors (Lipinski definition) is 4. The predicted octanol–water partition coefficient (Wildman–Crippen LogP) is 2.50. The summed E-state index contributed by atoms with van der Waals surface area (Å²) in [6.07, 6.45) is 1.76. The fraction of sp³-hybridized carbons (Fsp3) is 0.318. The van der Waals surface area contributed by atoms with E-state index < -0.39 is 0 Å². The molecule has 7 heteroatoms. The van der Waals surface area contributed by atoms with E-state index in [0.29, 0.717) is 5.56 Å². The number of benzene rings is 1. The molecule has 0 fully saturated rings. The standard InChI is InChI=1S/C22H26N4O2S/c1-14-7-6-8-15(2)21(14)24-20(28)13-25(5)12-19(27)18-11-16(3)26(17(18)4)22-23-9-10-29-22/h6-11H,12-13H2,1-5H3,(H,24,28)/p+1. The zero-order valence-corrected chi connectivity index (χ0v) is 18.3. The average Bonchev–Trinajstić information content (AvgIpc) is 3.25. The molecule has 0 bridgehead atoms. The van der Waals surface area contributed by atoms with Crippen molar-refractivity contribution in [2.24, 2.45) is 0 Å². The van der Waals surface area contributed by atoms with E-state index in [1.807, 2.05) is 69.0 Å². The molecule has 1 atom stereocenters. The fourth-order valence-electron chi connectivity index (χ4n) is 3.57. The highest BCUT2D eigenvalue weighted by Gasteiger charge is 2.22. The molecule has 1 unspecified atom stereocenters. The number of aryl methyl sites for hydroxylation is 3. The van der Waals surface area contributed by atoms with Crippen LogP contribution >= 0.6 is 11.3 Å². The first-order valence-corrected chi connectivity index (χ1v) is 10.4. The van der Waals surface area contributed by atoms with Gasteiger partial charge in [0.15, 0.2) is 11.7 Å². The van der Waals surface area contributed by atoms with Crippen LogP contribution in [0.3, 0.4) is 0 Å². The Morgan fingerprint density at radius 1 is 1.14 bits per heavy atom. The van der Waals surface area contributed by atoms with Gasteiger partial charge in [-0.2, -0.15) is 0 Å². The molecule has 0 aliphatic carbocycles. The molecule has 29 heavy (non-hydrogen) atoms. The van der Waals surface area contributed by atoms with Gasteiger partial charge >= 0.3 is 0 Å². The molecule has 0 saturated heterocycles. The Labute approximate surface area is 175 Å². The largest absolute Gasteiger partial charge is 0.323 e. The van der Waals surface area contributed by atoms with Crippen LogP contribution in [0.15, 0.2) is 35.8 Å². The number of hydrogen-bond donors (Lipinski definition) is 2. The Hall–Kier alpha value is -2.77. The zero-order chi connectivity index (χ0) is 21.1. The summed E-state index contributed by atoms with van der Waals surface area (Å²) < 4.78 is 2.00. The lowest BCUT2D eigenvalue weighted by Crippen LogP contribution is -3.11. The van der Waals surface area contributed by atoms with Crippen molar-refractivity contribution in [3.63, 3.8) is 0 Å². The summed E-state index contributed by atoms with van der Waals surface area (Å²) in [5.41, 5.74) is 5.46. The molecule has 0 saturated carbocycles. The number of aromatic nitrogens is 2. The molecule has 6 nitrogen and oxygen atoms in total. The number of Topliss-reactive ketones (excluding diaryl/α,β-unsaturated/α-hetero) is 1. The average molecular weight is 412 g/mol. The Balaban J connectivity index is 1.65. The molecule has 3 aromatic rings. The maximum Gasteiger partial charge on any atom is 0.279 e. The molecule has 0 aliphatic rings. The van der Waals surface area contributed by atoms with Gasteiger partial charge in [-0.15, -0.1) is 11.3 Å². The van der Waals surface area contributed by atoms with Crippen molar-refractivity contribution >= 4 is 28.7 Å². The number of amides is 1. The molecular weight excluding hydrogens is 384 g/mol. The Morgan fingerprint density at radius 2 is 1.83 bits per heavy atom. The summed E-state index contributed by atoms with van der Waals surface area (Å²) in [4.78, 5) is 30.5. The molecule has 0 spiro atoms. The third-order valence-corrected chi connectivity index (χ3v) is 5.77. The highest BCUT2D eigenvalue weighted by atomic mass is 32.1. The summed E-state index contributed by atoms with van der Waals surface area (Å²) in [6.45, 7) is 8.33. The molecule has 2 aromatic heterocycles. The number of ketones is 1. The molecule has 2 heterocycles. The zero-order valence-electron chi connectivity index (χ0n) is 17.5. The van der Waals surface area contributed by atoms with Gasteiger partial charge < -0.3 is 10.2 Å². The number of likely N-dealkylation sites (N-methyl/N-ethyl adjacent to an activating group) is 1. The second kappa shape index (κ2) is 8.71. The monoisotopic (exact) mass is 411 g/mol. The first kappa shape index (κ1) is 21.0. The van der Waals surface area contributed by atoms with Gasteiger partial charge in [0.2, 0.25) is 5.78 Å². The normalized spacial score (nSPS) is 12.0. The smallest absolute Gasteiger partial charge is 0.279 e. The van der Waals surface area contributed by atoms with Gasteiger partial charge in [0, 0.05) is 34.2 Å². The number of thiazole rings is 1. The minimum Gasteiger partial charge on any atom is -0.323 e. The van der Waals surface area contributed by atoms with Crippen LogP contribution in [-0.4, -0.2) is 41.4 Å². The van der Waals surface area contributed by atoms with E-state index in [1.54, 1.807) is 6.20 Å². The number of nitrogens with one attached hydrogen (secondary N) is 2. The van der Waals surface area contributed by atoms with E-state index in [2.05, 4.69) is 10.3 Å². The van der Waals surface area contributed by atoms with E-state index in [1.165, 1.54) is 11.3 Å². The minimum absolute atomic E-state index is 0.0262. The van der Waals surface area contributed by atoms with Crippen LogP contribution in [0.1, 0.15) is 32.9 Å². The molecular formula is C22H27N4O2S+. The van der Waals surface area contributed by atoms with Gasteiger partial charge in [0.05, 0.1) is 7.05 Å². The van der Waals surface area contributed by atoms with Crippen molar-refractivity contribution < 1.29 is 14.5 Å². The fourth-order valence-corrected chi connectivity index (χ4v) is 4.32. The van der Waals surface area contributed by atoms with E-state index in [0.717, 1.165) is 38.2 Å². The van der Waals surface area contributed by atoms with Crippen LogP contribution in [0.2, 0.25) is 0 Å². The minimum atomic E-state index is -0.0963. The van der Waals surface area contributed by atoms with Gasteiger partial charge in [-0.3, -0.25) is 14.2 Å². The number of carbonyl (C=O) groups is 2. The van der Waals surface area contributed by atoms with Crippen LogP contribution in [0.4, 0.5) is 5.69 Å². The number of rotatable bonds is 7. The van der Waals surface area contributed by atoms with E-state index in [-0.39, 0.29) is 24.8 Å². The lowest BCUT2D eigenvalue weighted by atomic mass is 10.1. The summed E-state index contributed by atoms with van der Waals surface area (Å²) in [5, 5.41) is 5.76. The van der Waals surface area contributed by atoms with Crippen LogP contribution in [0, 0.1) is 27.7 Å². The Kier molecular flexibility index (Phi) is 6.30. The quantitative estimate of drug-likeness (QED) is 0.587. The number of anilines is 1. The maximum absolute atomic E-state index is 12.9. The van der Waals surface area contributed by atoms with Gasteiger partial charge in [-0.05, 0) is 44.9 Å². The SMILES string of the molecule is Cc1cccc(C)c1NC(=O)C[NH+](C)CC(=O)c1cc(C)n(-c2nccs2)c1C. The van der Waals surface area contributed by atoms with Crippen molar-refractivity contribution in [1.29, 1.82) is 0 Å². The van der Waals surface area contributed by atoms with Gasteiger partial charge in [0.25, 0.3) is 5.91 Å². The highest BCUT2D eigenvalue weighted by molar-refractivity contribution is 7.12. The summed E-state index contributed by atoms with van der Waals surface area (Å²) in [6, 6.07) is 7.82. The van der Waals surface area contributed by atoms with Crippen molar-refractivity contribution in [3.05, 3.63) is 63.9 Å². The van der Waals surface area contributed by atoms with Gasteiger partial charge in [-0.1, -0.05) is 18.2 Å². The second-order valence-corrected chi connectivity index (χ2v) is 8.36. The van der Waals surface area contributed by atoms with E-state index in [4.69, 9.17) is 0 Å². The molecule has 2 N–H and O–H groups in total. The topological polar surface area (TPSA) is 68.4 Å². The molecule has 0 radical (unpaired) electrons. The van der Waals surface area contributed by atoms with Gasteiger partial charge in [0.1, 0.15) is 6.54 Å². The first-order chi connectivity index (χ1) is 13.8. The number of para-hydroxylation sites is 1. The maximum atomic E-state index is 12.9. The third kappa shape index (κ3) is 4.63. The van der Waals surface area contributed by atoms with Crippen molar-refractivity contribution in [1.82, 2.24) is 9.55 Å². The molecule has 3 rings (SSSR count). The summed E-state index contributed by atoms with van der Waals surface area (Å²) in [7, 11) is 1.86. The van der Waals surface area contributed by atoms with Crippen LogP contribution < -0.4 is 10.2 Å².